The highest BCUT2D eigenvalue weighted by Gasteiger charge is 2.20. The second kappa shape index (κ2) is 10.1. The van der Waals surface area contributed by atoms with Crippen LogP contribution >= 0.6 is 11.3 Å². The molecule has 1 aliphatic rings. The summed E-state index contributed by atoms with van der Waals surface area (Å²) in [6.07, 6.45) is 3.97. The third kappa shape index (κ3) is 5.52. The van der Waals surface area contributed by atoms with Crippen molar-refractivity contribution in [2.75, 3.05) is 44.3 Å². The molecular formula is C23H23F2N3O2S. The molecule has 5 nitrogen and oxygen atoms in total. The number of rotatable bonds is 7. The van der Waals surface area contributed by atoms with E-state index in [9.17, 15) is 13.6 Å². The molecule has 0 atom stereocenters. The lowest BCUT2D eigenvalue weighted by atomic mass is 10.2. The fourth-order valence-electron chi connectivity index (χ4n) is 3.46. The van der Waals surface area contributed by atoms with E-state index >= 15 is 0 Å². The number of fused-ring (bicyclic) bond motifs is 1. The number of carbonyl (C=O) groups is 1. The van der Waals surface area contributed by atoms with Gasteiger partial charge in [-0.05, 0) is 24.1 Å². The molecule has 3 aromatic rings. The van der Waals surface area contributed by atoms with Crippen molar-refractivity contribution in [1.82, 2.24) is 9.88 Å². The van der Waals surface area contributed by atoms with Crippen LogP contribution in [0, 0.1) is 11.6 Å². The van der Waals surface area contributed by atoms with Gasteiger partial charge in [-0.3, -0.25) is 14.6 Å². The lowest BCUT2D eigenvalue weighted by Crippen LogP contribution is -2.39. The summed E-state index contributed by atoms with van der Waals surface area (Å²) < 4.78 is 33.5. The number of benzene rings is 2. The zero-order valence-corrected chi connectivity index (χ0v) is 17.8. The van der Waals surface area contributed by atoms with Crippen molar-refractivity contribution in [3.8, 4) is 0 Å². The molecule has 1 saturated heterocycles. The van der Waals surface area contributed by atoms with Gasteiger partial charge < -0.3 is 4.74 Å². The maximum absolute atomic E-state index is 14.2. The summed E-state index contributed by atoms with van der Waals surface area (Å²) >= 11 is 1.12. The summed E-state index contributed by atoms with van der Waals surface area (Å²) in [6.45, 7) is 4.42. The van der Waals surface area contributed by atoms with E-state index in [1.807, 2.05) is 30.3 Å². The Kier molecular flexibility index (Phi) is 7.01. The van der Waals surface area contributed by atoms with Crippen LogP contribution in [0.1, 0.15) is 12.0 Å². The number of anilines is 1. The summed E-state index contributed by atoms with van der Waals surface area (Å²) in [6, 6.07) is 11.6. The highest BCUT2D eigenvalue weighted by molar-refractivity contribution is 7.22. The van der Waals surface area contributed by atoms with Gasteiger partial charge in [-0.1, -0.05) is 41.7 Å². The van der Waals surface area contributed by atoms with Crippen LogP contribution in [-0.4, -0.2) is 55.2 Å². The summed E-state index contributed by atoms with van der Waals surface area (Å²) in [4.78, 5) is 21.2. The first kappa shape index (κ1) is 21.5. The van der Waals surface area contributed by atoms with Gasteiger partial charge in [-0.2, -0.15) is 0 Å². The van der Waals surface area contributed by atoms with Gasteiger partial charge in [-0.25, -0.2) is 13.8 Å². The summed E-state index contributed by atoms with van der Waals surface area (Å²) in [5.41, 5.74) is 0.987. The number of morpholine rings is 1. The number of halogens is 2. The molecule has 0 spiro atoms. The van der Waals surface area contributed by atoms with E-state index in [2.05, 4.69) is 9.88 Å². The predicted molar refractivity (Wildman–Crippen MR) is 119 cm³/mol. The Hall–Kier alpha value is -2.68. The number of ether oxygens (including phenoxy) is 1. The minimum absolute atomic E-state index is 0.0828. The Labute approximate surface area is 183 Å². The summed E-state index contributed by atoms with van der Waals surface area (Å²) in [5.74, 6) is -1.63. The third-order valence-electron chi connectivity index (χ3n) is 5.08. The highest BCUT2D eigenvalue weighted by Crippen LogP contribution is 2.31. The van der Waals surface area contributed by atoms with Crippen LogP contribution in [0.5, 0.6) is 0 Å². The van der Waals surface area contributed by atoms with E-state index < -0.39 is 11.6 Å². The number of hydrogen-bond donors (Lipinski definition) is 0. The second-order valence-electron chi connectivity index (χ2n) is 7.27. The summed E-state index contributed by atoms with van der Waals surface area (Å²) in [7, 11) is 0. The van der Waals surface area contributed by atoms with Crippen molar-refractivity contribution in [3.05, 3.63) is 65.7 Å². The molecule has 31 heavy (non-hydrogen) atoms. The highest BCUT2D eigenvalue weighted by atomic mass is 32.1. The first-order valence-electron chi connectivity index (χ1n) is 10.2. The minimum Gasteiger partial charge on any atom is -0.379 e. The smallest absolute Gasteiger partial charge is 0.252 e. The Morgan fingerprint density at radius 1 is 1.19 bits per heavy atom. The van der Waals surface area contributed by atoms with Crippen molar-refractivity contribution in [2.24, 2.45) is 0 Å². The van der Waals surface area contributed by atoms with E-state index in [0.29, 0.717) is 29.6 Å². The first-order chi connectivity index (χ1) is 15.1. The standard InChI is InChI=1S/C23H23F2N3O2S/c24-18-15-19(25)22-20(16-18)31-23(26-22)28(10-4-9-27-11-13-30-14-12-27)21(29)8-7-17-5-2-1-3-6-17/h1-3,5-8,15-16H,4,9-14H2/b8-7+. The molecule has 2 heterocycles. The molecular weight excluding hydrogens is 420 g/mol. The topological polar surface area (TPSA) is 45.7 Å². The Morgan fingerprint density at radius 2 is 1.97 bits per heavy atom. The molecule has 0 radical (unpaired) electrons. The molecule has 0 bridgehead atoms. The first-order valence-corrected chi connectivity index (χ1v) is 11.0. The van der Waals surface area contributed by atoms with Gasteiger partial charge in [0.05, 0.1) is 17.9 Å². The normalized spacial score (nSPS) is 15.0. The Balaban J connectivity index is 1.54. The fraction of sp³-hybridized carbons (Fsp3) is 0.304. The number of amides is 1. The molecule has 0 N–H and O–H groups in total. The molecule has 1 aromatic heterocycles. The molecule has 0 unspecified atom stereocenters. The van der Waals surface area contributed by atoms with Crippen LogP contribution in [0.25, 0.3) is 16.3 Å². The lowest BCUT2D eigenvalue weighted by Gasteiger charge is -2.27. The van der Waals surface area contributed by atoms with Gasteiger partial charge >= 0.3 is 0 Å². The van der Waals surface area contributed by atoms with Gasteiger partial charge in [0.1, 0.15) is 11.3 Å². The van der Waals surface area contributed by atoms with Crippen molar-refractivity contribution in [2.45, 2.75) is 6.42 Å². The fourth-order valence-corrected chi connectivity index (χ4v) is 4.50. The summed E-state index contributed by atoms with van der Waals surface area (Å²) in [5, 5.41) is 0.365. The van der Waals surface area contributed by atoms with Crippen molar-refractivity contribution >= 4 is 38.7 Å². The molecule has 8 heteroatoms. The molecule has 2 aromatic carbocycles. The molecule has 4 rings (SSSR count). The number of thiazole rings is 1. The lowest BCUT2D eigenvalue weighted by molar-refractivity contribution is -0.114. The van der Waals surface area contributed by atoms with Crippen LogP contribution < -0.4 is 4.90 Å². The van der Waals surface area contributed by atoms with Crippen molar-refractivity contribution in [3.63, 3.8) is 0 Å². The second-order valence-corrected chi connectivity index (χ2v) is 8.28. The SMILES string of the molecule is O=C(/C=C/c1ccccc1)N(CCCN1CCOCC1)c1nc2c(F)cc(F)cc2s1. The Morgan fingerprint density at radius 3 is 2.74 bits per heavy atom. The van der Waals surface area contributed by atoms with Gasteiger partial charge in [0.2, 0.25) is 0 Å². The quantitative estimate of drug-likeness (QED) is 0.510. The zero-order valence-electron chi connectivity index (χ0n) is 17.0. The van der Waals surface area contributed by atoms with E-state index in [1.54, 1.807) is 11.0 Å². The van der Waals surface area contributed by atoms with Crippen LogP contribution in [-0.2, 0) is 9.53 Å². The zero-order chi connectivity index (χ0) is 21.6. The average molecular weight is 444 g/mol. The van der Waals surface area contributed by atoms with Crippen LogP contribution in [0.3, 0.4) is 0 Å². The molecule has 1 fully saturated rings. The van der Waals surface area contributed by atoms with Crippen molar-refractivity contribution < 1.29 is 18.3 Å². The predicted octanol–water partition coefficient (Wildman–Crippen LogP) is 4.34. The van der Waals surface area contributed by atoms with Gasteiger partial charge in [-0.15, -0.1) is 0 Å². The van der Waals surface area contributed by atoms with Crippen LogP contribution in [0.4, 0.5) is 13.9 Å². The van der Waals surface area contributed by atoms with Gasteiger partial charge in [0.25, 0.3) is 5.91 Å². The maximum atomic E-state index is 14.2. The third-order valence-corrected chi connectivity index (χ3v) is 6.10. The van der Waals surface area contributed by atoms with Gasteiger partial charge in [0.15, 0.2) is 10.9 Å². The molecule has 0 saturated carbocycles. The molecule has 162 valence electrons. The maximum Gasteiger partial charge on any atom is 0.252 e. The van der Waals surface area contributed by atoms with E-state index in [0.717, 1.165) is 49.0 Å². The number of hydrogen-bond acceptors (Lipinski definition) is 5. The van der Waals surface area contributed by atoms with Crippen LogP contribution in [0.2, 0.25) is 0 Å². The number of nitrogens with zero attached hydrogens (tertiary/aromatic N) is 3. The monoisotopic (exact) mass is 443 g/mol. The minimum atomic E-state index is -0.724. The van der Waals surface area contributed by atoms with E-state index in [1.165, 1.54) is 12.1 Å². The molecule has 1 amide bonds. The molecule has 0 aliphatic carbocycles. The average Bonchev–Trinajstić information content (AvgIpc) is 3.20. The van der Waals surface area contributed by atoms with E-state index in [-0.39, 0.29) is 11.4 Å². The largest absolute Gasteiger partial charge is 0.379 e. The van der Waals surface area contributed by atoms with E-state index in [4.69, 9.17) is 4.74 Å². The Bertz CT molecular complexity index is 1070. The van der Waals surface area contributed by atoms with Crippen molar-refractivity contribution in [1.29, 1.82) is 0 Å². The van der Waals surface area contributed by atoms with Gasteiger partial charge in [0, 0.05) is 38.3 Å². The van der Waals surface area contributed by atoms with Crippen LogP contribution in [0.15, 0.2) is 48.5 Å². The number of aromatic nitrogens is 1. The molecule has 1 aliphatic heterocycles. The number of carbonyl (C=O) groups excluding carboxylic acids is 1.